The maximum atomic E-state index is 14.0. The summed E-state index contributed by atoms with van der Waals surface area (Å²) in [5.41, 5.74) is -0.0542. The second-order valence-corrected chi connectivity index (χ2v) is 5.87. The summed E-state index contributed by atoms with van der Waals surface area (Å²) in [5.74, 6) is 0.399. The van der Waals surface area contributed by atoms with E-state index < -0.39 is 23.1 Å². The number of aromatic amines is 1. The van der Waals surface area contributed by atoms with Gasteiger partial charge in [-0.05, 0) is 12.1 Å². The van der Waals surface area contributed by atoms with Gasteiger partial charge in [-0.2, -0.15) is 4.98 Å². The first-order valence-corrected chi connectivity index (χ1v) is 7.73. The molecule has 0 saturated heterocycles. The molecule has 0 amide bonds. The van der Waals surface area contributed by atoms with Gasteiger partial charge in [-0.15, -0.1) is 0 Å². The van der Waals surface area contributed by atoms with Crippen LogP contribution in [-0.2, 0) is 13.5 Å². The standard InChI is InChI=1S/C16H14FN5O4/c1-22-6-8(14(23)20-16(22)24)13-19-15(26-21-13)10-5-7-11(25-2)4-3-9(17)12(7)18-10/h3-4,6,10,18H,5H2,1-2H3,(H,20,23,24). The summed E-state index contributed by atoms with van der Waals surface area (Å²) in [6.45, 7) is 0. The average molecular weight is 359 g/mol. The molecule has 1 atom stereocenters. The van der Waals surface area contributed by atoms with E-state index in [9.17, 15) is 14.0 Å². The zero-order valence-electron chi connectivity index (χ0n) is 13.9. The predicted octanol–water partition coefficient (Wildman–Crippen LogP) is 0.981. The van der Waals surface area contributed by atoms with Gasteiger partial charge in [-0.3, -0.25) is 9.78 Å². The van der Waals surface area contributed by atoms with E-state index in [0.29, 0.717) is 23.4 Å². The zero-order chi connectivity index (χ0) is 18.4. The molecule has 2 aromatic heterocycles. The monoisotopic (exact) mass is 359 g/mol. The number of rotatable bonds is 3. The van der Waals surface area contributed by atoms with Crippen LogP contribution < -0.4 is 21.3 Å². The van der Waals surface area contributed by atoms with Gasteiger partial charge in [-0.25, -0.2) is 9.18 Å². The minimum absolute atomic E-state index is 0.0436. The number of methoxy groups -OCH3 is 1. The van der Waals surface area contributed by atoms with Crippen LogP contribution in [0, 0.1) is 5.82 Å². The highest BCUT2D eigenvalue weighted by Crippen LogP contribution is 2.40. The Morgan fingerprint density at radius 3 is 2.96 bits per heavy atom. The molecule has 26 heavy (non-hydrogen) atoms. The van der Waals surface area contributed by atoms with Crippen molar-refractivity contribution in [2.45, 2.75) is 12.5 Å². The molecule has 0 radical (unpaired) electrons. The van der Waals surface area contributed by atoms with Crippen molar-refractivity contribution in [2.75, 3.05) is 12.4 Å². The minimum atomic E-state index is -0.615. The number of aromatic nitrogens is 4. The number of fused-ring (bicyclic) bond motifs is 1. The molecule has 0 bridgehead atoms. The normalized spacial score (nSPS) is 15.6. The van der Waals surface area contributed by atoms with Gasteiger partial charge in [-0.1, -0.05) is 5.16 Å². The molecule has 3 aromatic rings. The fourth-order valence-electron chi connectivity index (χ4n) is 2.94. The van der Waals surface area contributed by atoms with Crippen LogP contribution in [0.5, 0.6) is 5.75 Å². The maximum Gasteiger partial charge on any atom is 0.328 e. The Bertz CT molecular complexity index is 1120. The van der Waals surface area contributed by atoms with Crippen molar-refractivity contribution in [3.63, 3.8) is 0 Å². The molecule has 9 nitrogen and oxygen atoms in total. The Hall–Kier alpha value is -3.43. The molecular weight excluding hydrogens is 345 g/mol. The number of H-pyrrole nitrogens is 1. The molecule has 0 spiro atoms. The molecule has 1 aromatic carbocycles. The van der Waals surface area contributed by atoms with Crippen molar-refractivity contribution in [1.29, 1.82) is 0 Å². The van der Waals surface area contributed by atoms with Crippen LogP contribution in [-0.4, -0.2) is 26.8 Å². The van der Waals surface area contributed by atoms with Crippen molar-refractivity contribution >= 4 is 5.69 Å². The second-order valence-electron chi connectivity index (χ2n) is 5.87. The van der Waals surface area contributed by atoms with E-state index in [2.05, 4.69) is 20.4 Å². The van der Waals surface area contributed by atoms with Gasteiger partial charge in [0.15, 0.2) is 0 Å². The van der Waals surface area contributed by atoms with E-state index >= 15 is 0 Å². The van der Waals surface area contributed by atoms with Gasteiger partial charge in [0.25, 0.3) is 5.56 Å². The molecule has 1 aliphatic rings. The highest BCUT2D eigenvalue weighted by atomic mass is 19.1. The summed E-state index contributed by atoms with van der Waals surface area (Å²) < 4.78 is 25.7. The lowest BCUT2D eigenvalue weighted by Gasteiger charge is -2.06. The van der Waals surface area contributed by atoms with Crippen LogP contribution in [0.15, 0.2) is 32.4 Å². The predicted molar refractivity (Wildman–Crippen MR) is 88.6 cm³/mol. The van der Waals surface area contributed by atoms with E-state index in [1.54, 1.807) is 6.07 Å². The van der Waals surface area contributed by atoms with Gasteiger partial charge >= 0.3 is 5.69 Å². The fourth-order valence-corrected chi connectivity index (χ4v) is 2.94. The number of hydrogen-bond acceptors (Lipinski definition) is 7. The van der Waals surface area contributed by atoms with Crippen LogP contribution >= 0.6 is 0 Å². The number of halogens is 1. The Labute approximate surface area is 145 Å². The summed E-state index contributed by atoms with van der Waals surface area (Å²) in [6, 6.07) is 2.42. The molecule has 0 fully saturated rings. The van der Waals surface area contributed by atoms with Gasteiger partial charge < -0.3 is 19.1 Å². The Morgan fingerprint density at radius 2 is 2.19 bits per heavy atom. The quantitative estimate of drug-likeness (QED) is 0.716. The van der Waals surface area contributed by atoms with E-state index in [1.165, 1.54) is 31.0 Å². The van der Waals surface area contributed by atoms with Crippen LogP contribution in [0.1, 0.15) is 17.5 Å². The third kappa shape index (κ3) is 2.46. The number of nitrogens with zero attached hydrogens (tertiary/aromatic N) is 3. The number of hydrogen-bond donors (Lipinski definition) is 2. The lowest BCUT2D eigenvalue weighted by atomic mass is 10.1. The number of benzene rings is 1. The molecular formula is C16H14FN5O4. The Kier molecular flexibility index (Phi) is 3.60. The first-order chi connectivity index (χ1) is 12.5. The van der Waals surface area contributed by atoms with Gasteiger partial charge in [0.1, 0.15) is 23.2 Å². The zero-order valence-corrected chi connectivity index (χ0v) is 13.9. The third-order valence-corrected chi connectivity index (χ3v) is 4.25. The Morgan fingerprint density at radius 1 is 1.38 bits per heavy atom. The molecule has 2 N–H and O–H groups in total. The van der Waals surface area contributed by atoms with Gasteiger partial charge in [0, 0.05) is 25.2 Å². The second kappa shape index (κ2) is 5.83. The van der Waals surface area contributed by atoms with E-state index in [1.807, 2.05) is 0 Å². The Balaban J connectivity index is 1.68. The molecule has 0 aliphatic carbocycles. The van der Waals surface area contributed by atoms with Crippen molar-refractivity contribution in [3.8, 4) is 17.1 Å². The summed E-state index contributed by atoms with van der Waals surface area (Å²) >= 11 is 0. The van der Waals surface area contributed by atoms with Crippen LogP contribution in [0.4, 0.5) is 10.1 Å². The molecule has 4 rings (SSSR count). The van der Waals surface area contributed by atoms with E-state index in [-0.39, 0.29) is 17.3 Å². The lowest BCUT2D eigenvalue weighted by Crippen LogP contribution is -2.28. The molecule has 3 heterocycles. The number of ether oxygens (including phenoxy) is 1. The third-order valence-electron chi connectivity index (χ3n) is 4.25. The topological polar surface area (TPSA) is 115 Å². The lowest BCUT2D eigenvalue weighted by molar-refractivity contribution is 0.362. The number of anilines is 1. The summed E-state index contributed by atoms with van der Waals surface area (Å²) in [6.07, 6.45) is 1.72. The molecule has 1 aliphatic heterocycles. The minimum Gasteiger partial charge on any atom is -0.496 e. The molecule has 0 saturated carbocycles. The maximum absolute atomic E-state index is 14.0. The molecule has 10 heteroatoms. The average Bonchev–Trinajstić information content (AvgIpc) is 3.26. The van der Waals surface area contributed by atoms with E-state index in [0.717, 1.165) is 0 Å². The first kappa shape index (κ1) is 16.1. The molecule has 1 unspecified atom stereocenters. The SMILES string of the molecule is COc1ccc(F)c2c1CC(c1nc(-c3cn(C)c(=O)[nH]c3=O)no1)N2. The van der Waals surface area contributed by atoms with Crippen molar-refractivity contribution < 1.29 is 13.7 Å². The number of nitrogens with one attached hydrogen (secondary N) is 2. The highest BCUT2D eigenvalue weighted by Gasteiger charge is 2.31. The summed E-state index contributed by atoms with van der Waals surface area (Å²) in [5, 5.41) is 6.81. The first-order valence-electron chi connectivity index (χ1n) is 7.73. The smallest absolute Gasteiger partial charge is 0.328 e. The highest BCUT2D eigenvalue weighted by molar-refractivity contribution is 5.63. The van der Waals surface area contributed by atoms with Crippen molar-refractivity contribution in [1.82, 2.24) is 19.7 Å². The number of aryl methyl sites for hydroxylation is 1. The molecule has 134 valence electrons. The summed E-state index contributed by atoms with van der Waals surface area (Å²) in [7, 11) is 3.00. The summed E-state index contributed by atoms with van der Waals surface area (Å²) in [4.78, 5) is 29.8. The van der Waals surface area contributed by atoms with Crippen LogP contribution in [0.2, 0.25) is 0 Å². The van der Waals surface area contributed by atoms with E-state index in [4.69, 9.17) is 9.26 Å². The fraction of sp³-hybridized carbons (Fsp3) is 0.250. The van der Waals surface area contributed by atoms with Crippen LogP contribution in [0.25, 0.3) is 11.4 Å². The van der Waals surface area contributed by atoms with Crippen molar-refractivity contribution in [3.05, 3.63) is 56.4 Å². The van der Waals surface area contributed by atoms with Gasteiger partial charge in [0.05, 0.1) is 12.8 Å². The van der Waals surface area contributed by atoms with Gasteiger partial charge in [0.2, 0.25) is 11.7 Å². The van der Waals surface area contributed by atoms with Crippen LogP contribution in [0.3, 0.4) is 0 Å². The largest absolute Gasteiger partial charge is 0.496 e. The van der Waals surface area contributed by atoms with Crippen molar-refractivity contribution in [2.24, 2.45) is 7.05 Å².